The lowest BCUT2D eigenvalue weighted by atomic mass is 10.1. The number of pyridine rings is 1. The number of nitrogens with one attached hydrogen (secondary N) is 1. The second-order valence-electron chi connectivity index (χ2n) is 7.13. The van der Waals surface area contributed by atoms with Gasteiger partial charge >= 0.3 is 12.1 Å². The van der Waals surface area contributed by atoms with Crippen LogP contribution in [0.25, 0.3) is 10.9 Å². The minimum atomic E-state index is -5.25. The summed E-state index contributed by atoms with van der Waals surface area (Å²) in [4.78, 5) is 27.8. The molecular formula is C22H20F3N3O5. The molecule has 0 aliphatic heterocycles. The fourth-order valence-corrected chi connectivity index (χ4v) is 3.19. The largest absolute Gasteiger partial charge is 0.489 e. The maximum atomic E-state index is 13.0. The number of carbonyl (C=O) groups excluding carboxylic acids is 2. The van der Waals surface area contributed by atoms with Crippen LogP contribution in [0.5, 0.6) is 5.75 Å². The van der Waals surface area contributed by atoms with E-state index in [4.69, 9.17) is 9.94 Å². The number of benzene rings is 2. The van der Waals surface area contributed by atoms with E-state index in [0.29, 0.717) is 5.75 Å². The Morgan fingerprint density at radius 3 is 2.45 bits per heavy atom. The first-order chi connectivity index (χ1) is 15.6. The Morgan fingerprint density at radius 2 is 1.82 bits per heavy atom. The number of para-hydroxylation sites is 1. The van der Waals surface area contributed by atoms with Crippen LogP contribution >= 0.6 is 0 Å². The molecule has 174 valence electrons. The molecule has 3 N–H and O–H groups in total. The van der Waals surface area contributed by atoms with Gasteiger partial charge in [0, 0.05) is 22.3 Å². The number of nitrogens with zero attached hydrogens (tertiary/aromatic N) is 2. The highest BCUT2D eigenvalue weighted by Gasteiger charge is 2.44. The van der Waals surface area contributed by atoms with E-state index in [1.165, 1.54) is 24.3 Å². The predicted octanol–water partition coefficient (Wildman–Crippen LogP) is 2.88. The summed E-state index contributed by atoms with van der Waals surface area (Å²) >= 11 is 0. The molecule has 0 fully saturated rings. The van der Waals surface area contributed by atoms with Gasteiger partial charge in [0.25, 0.3) is 5.91 Å². The van der Waals surface area contributed by atoms with Crippen LogP contribution in [-0.2, 0) is 16.2 Å². The smallest absolute Gasteiger partial charge is 0.471 e. The van der Waals surface area contributed by atoms with Crippen LogP contribution in [0.3, 0.4) is 0 Å². The van der Waals surface area contributed by atoms with Gasteiger partial charge in [0.05, 0.1) is 12.1 Å². The molecule has 1 aromatic heterocycles. The van der Waals surface area contributed by atoms with E-state index >= 15 is 0 Å². The van der Waals surface area contributed by atoms with Crippen molar-refractivity contribution in [3.8, 4) is 5.75 Å². The number of hydroxylamine groups is 1. The highest BCUT2D eigenvalue weighted by Crippen LogP contribution is 2.27. The van der Waals surface area contributed by atoms with Crippen molar-refractivity contribution in [2.75, 3.05) is 11.4 Å². The summed E-state index contributed by atoms with van der Waals surface area (Å²) < 4.78 is 44.8. The number of hydrogen-bond acceptors (Lipinski definition) is 6. The Bertz CT molecular complexity index is 1150. The number of amides is 2. The molecule has 0 unspecified atom stereocenters. The first-order valence-electron chi connectivity index (χ1n) is 9.69. The van der Waals surface area contributed by atoms with Gasteiger partial charge in [-0.1, -0.05) is 18.2 Å². The molecule has 0 radical (unpaired) electrons. The van der Waals surface area contributed by atoms with E-state index in [2.05, 4.69) is 4.98 Å². The van der Waals surface area contributed by atoms with Crippen molar-refractivity contribution in [3.63, 3.8) is 0 Å². The van der Waals surface area contributed by atoms with Crippen molar-refractivity contribution >= 4 is 28.4 Å². The molecule has 0 aliphatic rings. The number of aliphatic hydroxyl groups excluding tert-OH is 1. The van der Waals surface area contributed by atoms with Crippen molar-refractivity contribution in [2.24, 2.45) is 0 Å². The molecule has 33 heavy (non-hydrogen) atoms. The normalized spacial score (nSPS) is 12.3. The number of halogens is 3. The average Bonchev–Trinajstić information content (AvgIpc) is 2.79. The molecule has 0 saturated carbocycles. The third kappa shape index (κ3) is 5.76. The Hall–Kier alpha value is -3.70. The van der Waals surface area contributed by atoms with Crippen molar-refractivity contribution in [1.82, 2.24) is 10.5 Å². The standard InChI is InChI=1S/C22H20F3N3O5/c1-13-10-14(17-4-2-3-5-18(17)26-13)12-33-16-8-6-15(7-9-16)28(21(31)22(23,24)25)11-19(29)20(30)27-32/h2-10,19,29,32H,11-12H2,1H3,(H,27,30)/t19-/m1/s1. The molecule has 0 aliphatic carbocycles. The highest BCUT2D eigenvalue weighted by molar-refractivity contribution is 5.98. The summed E-state index contributed by atoms with van der Waals surface area (Å²) in [6, 6.07) is 14.5. The number of aryl methyl sites for hydroxylation is 1. The molecule has 8 nitrogen and oxygen atoms in total. The monoisotopic (exact) mass is 463 g/mol. The number of aromatic nitrogens is 1. The van der Waals surface area contributed by atoms with Gasteiger partial charge in [0.15, 0.2) is 6.10 Å². The number of alkyl halides is 3. The van der Waals surface area contributed by atoms with Gasteiger partial charge in [0.2, 0.25) is 0 Å². The minimum absolute atomic E-state index is 0.170. The number of ether oxygens (including phenoxy) is 1. The first-order valence-corrected chi connectivity index (χ1v) is 9.69. The lowest BCUT2D eigenvalue weighted by Gasteiger charge is -2.25. The van der Waals surface area contributed by atoms with E-state index in [-0.39, 0.29) is 17.2 Å². The van der Waals surface area contributed by atoms with E-state index < -0.39 is 30.6 Å². The molecule has 3 aromatic rings. The molecule has 3 rings (SSSR count). The summed E-state index contributed by atoms with van der Waals surface area (Å²) in [7, 11) is 0. The van der Waals surface area contributed by atoms with E-state index in [0.717, 1.165) is 27.6 Å². The lowest BCUT2D eigenvalue weighted by molar-refractivity contribution is -0.170. The number of carbonyl (C=O) groups is 2. The zero-order valence-electron chi connectivity index (χ0n) is 17.3. The molecule has 0 bridgehead atoms. The summed E-state index contributed by atoms with van der Waals surface area (Å²) in [5.41, 5.74) is 3.38. The van der Waals surface area contributed by atoms with Crippen LogP contribution in [0.15, 0.2) is 54.6 Å². The van der Waals surface area contributed by atoms with Crippen LogP contribution in [0.1, 0.15) is 11.3 Å². The highest BCUT2D eigenvalue weighted by atomic mass is 19.4. The first kappa shape index (κ1) is 24.0. The molecule has 1 atom stereocenters. The Morgan fingerprint density at radius 1 is 1.15 bits per heavy atom. The Kier molecular flexibility index (Phi) is 7.14. The molecule has 2 aromatic carbocycles. The molecule has 0 spiro atoms. The molecular weight excluding hydrogens is 443 g/mol. The van der Waals surface area contributed by atoms with Crippen LogP contribution in [0, 0.1) is 6.92 Å². The fraction of sp³-hybridized carbons (Fsp3) is 0.227. The fourth-order valence-electron chi connectivity index (χ4n) is 3.19. The predicted molar refractivity (Wildman–Crippen MR) is 112 cm³/mol. The second kappa shape index (κ2) is 9.84. The molecule has 11 heteroatoms. The Balaban J connectivity index is 1.79. The number of hydrogen-bond donors (Lipinski definition) is 3. The van der Waals surface area contributed by atoms with Crippen LogP contribution in [0.4, 0.5) is 18.9 Å². The minimum Gasteiger partial charge on any atom is -0.489 e. The molecule has 1 heterocycles. The number of aliphatic hydroxyl groups is 1. The summed E-state index contributed by atoms with van der Waals surface area (Å²) in [6.45, 7) is 0.999. The quantitative estimate of drug-likeness (QED) is 0.367. The van der Waals surface area contributed by atoms with Gasteiger partial charge in [-0.2, -0.15) is 13.2 Å². The van der Waals surface area contributed by atoms with E-state index in [1.54, 1.807) is 0 Å². The van der Waals surface area contributed by atoms with Gasteiger partial charge in [0.1, 0.15) is 12.4 Å². The SMILES string of the molecule is Cc1cc(COc2ccc(N(C[C@@H](O)C(=O)NO)C(=O)C(F)(F)F)cc2)c2ccccc2n1. The molecule has 2 amide bonds. The van der Waals surface area contributed by atoms with Gasteiger partial charge in [-0.05, 0) is 43.3 Å². The summed E-state index contributed by atoms with van der Waals surface area (Å²) in [6.07, 6.45) is -7.33. The third-order valence-corrected chi connectivity index (χ3v) is 4.73. The van der Waals surface area contributed by atoms with Crippen molar-refractivity contribution in [1.29, 1.82) is 0 Å². The van der Waals surface area contributed by atoms with Gasteiger partial charge in [-0.25, -0.2) is 5.48 Å². The van der Waals surface area contributed by atoms with Gasteiger partial charge in [-0.15, -0.1) is 0 Å². The third-order valence-electron chi connectivity index (χ3n) is 4.73. The van der Waals surface area contributed by atoms with Crippen LogP contribution in [0.2, 0.25) is 0 Å². The van der Waals surface area contributed by atoms with Crippen LogP contribution in [-0.4, -0.2) is 45.9 Å². The van der Waals surface area contributed by atoms with E-state index in [9.17, 15) is 27.9 Å². The average molecular weight is 463 g/mol. The van der Waals surface area contributed by atoms with E-state index in [1.807, 2.05) is 37.3 Å². The Labute approximate surface area is 186 Å². The maximum Gasteiger partial charge on any atom is 0.471 e. The number of anilines is 1. The number of fused-ring (bicyclic) bond motifs is 1. The van der Waals surface area contributed by atoms with Gasteiger partial charge in [-0.3, -0.25) is 19.8 Å². The van der Waals surface area contributed by atoms with Crippen molar-refractivity contribution < 1.29 is 37.8 Å². The summed E-state index contributed by atoms with van der Waals surface area (Å²) in [5, 5.41) is 19.1. The van der Waals surface area contributed by atoms with Gasteiger partial charge < -0.3 is 14.7 Å². The van der Waals surface area contributed by atoms with Crippen molar-refractivity contribution in [3.05, 3.63) is 65.9 Å². The summed E-state index contributed by atoms with van der Waals surface area (Å²) in [5.74, 6) is -3.31. The second-order valence-corrected chi connectivity index (χ2v) is 7.13. The zero-order chi connectivity index (χ0) is 24.2. The molecule has 0 saturated heterocycles. The lowest BCUT2D eigenvalue weighted by Crippen LogP contribution is -2.48. The van der Waals surface area contributed by atoms with Crippen LogP contribution < -0.4 is 15.1 Å². The zero-order valence-corrected chi connectivity index (χ0v) is 17.3. The van der Waals surface area contributed by atoms with Crippen molar-refractivity contribution in [2.45, 2.75) is 25.8 Å². The number of rotatable bonds is 7. The topological polar surface area (TPSA) is 112 Å². The maximum absolute atomic E-state index is 13.0.